The summed E-state index contributed by atoms with van der Waals surface area (Å²) < 4.78 is 19.6. The molecular weight excluding hydrogens is 326 g/mol. The van der Waals surface area contributed by atoms with E-state index in [0.29, 0.717) is 11.8 Å². The molecule has 0 aromatic carbocycles. The Morgan fingerprint density at radius 3 is 2.25 bits per heavy atom. The molecule has 0 fully saturated rings. The van der Waals surface area contributed by atoms with E-state index in [1.165, 1.54) is 0 Å². The van der Waals surface area contributed by atoms with Gasteiger partial charge in [-0.1, -0.05) is 22.9 Å². The van der Waals surface area contributed by atoms with Crippen molar-refractivity contribution in [3.8, 4) is 0 Å². The first-order valence-electron chi connectivity index (χ1n) is 4.31. The van der Waals surface area contributed by atoms with Crippen LogP contribution in [0.1, 0.15) is 13.3 Å². The Labute approximate surface area is 103 Å². The molecule has 0 spiro atoms. The molecule has 0 heterocycles. The van der Waals surface area contributed by atoms with E-state index in [1.54, 1.807) is 6.92 Å². The maximum Gasteiger partial charge on any atom is 0.469 e. The molecule has 0 saturated carbocycles. The second kappa shape index (κ2) is 7.36. The molecule has 0 aliphatic carbocycles. The monoisotopic (exact) mass is 340 g/mol. The lowest BCUT2D eigenvalue weighted by molar-refractivity contribution is 0.0698. The van der Waals surface area contributed by atoms with Crippen LogP contribution in [0.25, 0.3) is 0 Å². The largest absolute Gasteiger partial charge is 0.469 e. The molecule has 7 nitrogen and oxygen atoms in total. The van der Waals surface area contributed by atoms with Crippen molar-refractivity contribution in [1.29, 1.82) is 0 Å². The van der Waals surface area contributed by atoms with E-state index in [-0.39, 0.29) is 13.2 Å². The van der Waals surface area contributed by atoms with E-state index >= 15 is 0 Å². The van der Waals surface area contributed by atoms with Gasteiger partial charge in [0.15, 0.2) is 0 Å². The van der Waals surface area contributed by atoms with Crippen molar-refractivity contribution in [3.63, 3.8) is 0 Å². The summed E-state index contributed by atoms with van der Waals surface area (Å²) in [5, 5.41) is 0.361. The fourth-order valence-electron chi connectivity index (χ4n) is 0.833. The molecule has 0 aromatic heterocycles. The number of alkyl halides is 1. The normalized spacial score (nSPS) is 16.4. The summed E-state index contributed by atoms with van der Waals surface area (Å²) in [5.41, 5.74) is -0.701. The molecule has 0 aliphatic heterocycles. The molecule has 98 valence electrons. The summed E-state index contributed by atoms with van der Waals surface area (Å²) in [4.78, 5) is 34.4. The van der Waals surface area contributed by atoms with Crippen LogP contribution < -0.4 is 0 Å². The molecule has 0 rings (SSSR count). The number of hydrogen-bond donors (Lipinski definition) is 4. The van der Waals surface area contributed by atoms with E-state index in [9.17, 15) is 4.57 Å². The highest BCUT2D eigenvalue weighted by atomic mass is 79.9. The van der Waals surface area contributed by atoms with Gasteiger partial charge in [-0.2, -0.15) is 0 Å². The van der Waals surface area contributed by atoms with Gasteiger partial charge in [0.25, 0.3) is 0 Å². The first-order chi connectivity index (χ1) is 7.24. The molecule has 16 heavy (non-hydrogen) atoms. The predicted molar refractivity (Wildman–Crippen MR) is 61.8 cm³/mol. The average molecular weight is 341 g/mol. The van der Waals surface area contributed by atoms with Crippen LogP contribution in [-0.4, -0.2) is 38.1 Å². The Balaban J connectivity index is 4.37. The van der Waals surface area contributed by atoms with Gasteiger partial charge in [0.2, 0.25) is 0 Å². The summed E-state index contributed by atoms with van der Waals surface area (Å²) >= 11 is 3.18. The van der Waals surface area contributed by atoms with Gasteiger partial charge in [-0.3, -0.25) is 4.52 Å². The molecule has 0 aliphatic rings. The van der Waals surface area contributed by atoms with Crippen molar-refractivity contribution in [2.75, 3.05) is 18.5 Å². The van der Waals surface area contributed by atoms with Crippen molar-refractivity contribution in [1.82, 2.24) is 0 Å². The fraction of sp³-hybridized carbons (Fsp3) is 1.00. The van der Waals surface area contributed by atoms with Crippen molar-refractivity contribution in [2.45, 2.75) is 13.3 Å². The lowest BCUT2D eigenvalue weighted by Crippen LogP contribution is -2.32. The van der Waals surface area contributed by atoms with E-state index in [1.807, 2.05) is 0 Å². The molecule has 0 saturated heterocycles. The van der Waals surface area contributed by atoms with E-state index in [4.69, 9.17) is 19.6 Å². The highest BCUT2D eigenvalue weighted by Gasteiger charge is 2.32. The van der Waals surface area contributed by atoms with E-state index in [2.05, 4.69) is 25.0 Å². The molecular formula is C6H15BrO7P2. The Morgan fingerprint density at radius 1 is 1.38 bits per heavy atom. The van der Waals surface area contributed by atoms with Gasteiger partial charge >= 0.3 is 16.4 Å². The Hall–Kier alpha value is 0.900. The Bertz CT molecular complexity index is 239. The van der Waals surface area contributed by atoms with Crippen molar-refractivity contribution < 1.29 is 33.2 Å². The smallest absolute Gasteiger partial charge is 0.328 e. The van der Waals surface area contributed by atoms with Crippen LogP contribution in [0.2, 0.25) is 0 Å². The zero-order valence-corrected chi connectivity index (χ0v) is 12.0. The zero-order chi connectivity index (χ0) is 12.8. The van der Waals surface area contributed by atoms with Crippen LogP contribution in [0.3, 0.4) is 0 Å². The molecule has 4 N–H and O–H groups in total. The number of phosphoric ester groups is 1. The third-order valence-corrected chi connectivity index (χ3v) is 4.07. The fourth-order valence-corrected chi connectivity index (χ4v) is 2.38. The van der Waals surface area contributed by atoms with Crippen LogP contribution in [0.15, 0.2) is 0 Å². The van der Waals surface area contributed by atoms with Crippen molar-refractivity contribution >= 4 is 32.4 Å². The Kier molecular flexibility index (Phi) is 7.77. The van der Waals surface area contributed by atoms with Crippen molar-refractivity contribution in [2.24, 2.45) is 5.41 Å². The SMILES string of the molecule is CCC(CBr)(COP(O)O)COP(=O)(O)O. The van der Waals surface area contributed by atoms with Crippen LogP contribution in [-0.2, 0) is 13.6 Å². The number of halogens is 1. The lowest BCUT2D eigenvalue weighted by atomic mass is 9.90. The highest BCUT2D eigenvalue weighted by Crippen LogP contribution is 2.41. The van der Waals surface area contributed by atoms with Gasteiger partial charge in [0.1, 0.15) is 0 Å². The van der Waals surface area contributed by atoms with Gasteiger partial charge < -0.3 is 24.1 Å². The molecule has 1 unspecified atom stereocenters. The first kappa shape index (κ1) is 16.9. The van der Waals surface area contributed by atoms with E-state index in [0.717, 1.165) is 0 Å². The molecule has 0 amide bonds. The average Bonchev–Trinajstić information content (AvgIpc) is 2.18. The second-order valence-corrected chi connectivity index (χ2v) is 5.84. The Morgan fingerprint density at radius 2 is 1.94 bits per heavy atom. The molecule has 1 atom stereocenters. The number of hydrogen-bond acceptors (Lipinski definition) is 5. The highest BCUT2D eigenvalue weighted by molar-refractivity contribution is 9.09. The third kappa shape index (κ3) is 7.27. The van der Waals surface area contributed by atoms with Crippen LogP contribution in [0.4, 0.5) is 0 Å². The standard InChI is InChI=1S/C6H15BrO7P2/c1-2-6(3-7,4-13-15(8)9)5-14-16(10,11)12/h8-9H,2-5H2,1H3,(H2,10,11,12). The molecule has 0 radical (unpaired) electrons. The number of rotatable bonds is 8. The summed E-state index contributed by atoms with van der Waals surface area (Å²) in [6, 6.07) is 0. The molecule has 0 bridgehead atoms. The summed E-state index contributed by atoms with van der Waals surface area (Å²) in [7, 11) is -7.02. The van der Waals surface area contributed by atoms with Crippen molar-refractivity contribution in [3.05, 3.63) is 0 Å². The number of phosphoric acid groups is 1. The van der Waals surface area contributed by atoms with Crippen LogP contribution >= 0.6 is 32.4 Å². The second-order valence-electron chi connectivity index (χ2n) is 3.28. The summed E-state index contributed by atoms with van der Waals surface area (Å²) in [6.07, 6.45) is 0.501. The maximum absolute atomic E-state index is 10.6. The van der Waals surface area contributed by atoms with Gasteiger partial charge in [-0.15, -0.1) is 0 Å². The van der Waals surface area contributed by atoms with Gasteiger partial charge in [0.05, 0.1) is 13.2 Å². The first-order valence-corrected chi connectivity index (χ1v) is 8.13. The maximum atomic E-state index is 10.6. The third-order valence-electron chi connectivity index (χ3n) is 2.06. The van der Waals surface area contributed by atoms with Crippen LogP contribution in [0, 0.1) is 5.41 Å². The predicted octanol–water partition coefficient (Wildman–Crippen LogP) is 1.12. The van der Waals surface area contributed by atoms with Gasteiger partial charge in [-0.25, -0.2) is 4.57 Å². The van der Waals surface area contributed by atoms with Gasteiger partial charge in [0, 0.05) is 10.7 Å². The minimum atomic E-state index is -4.53. The molecule has 10 heteroatoms. The minimum Gasteiger partial charge on any atom is -0.328 e. The molecule has 0 aromatic rings. The zero-order valence-electron chi connectivity index (χ0n) is 8.61. The summed E-state index contributed by atoms with van der Waals surface area (Å²) in [5.74, 6) is 0. The minimum absolute atomic E-state index is 0.0620. The topological polar surface area (TPSA) is 116 Å². The quantitative estimate of drug-likeness (QED) is 0.386. The van der Waals surface area contributed by atoms with E-state index < -0.39 is 21.8 Å². The summed E-state index contributed by atoms with van der Waals surface area (Å²) in [6.45, 7) is 1.49. The van der Waals surface area contributed by atoms with Crippen LogP contribution in [0.5, 0.6) is 0 Å². The lowest BCUT2D eigenvalue weighted by Gasteiger charge is -2.30. The van der Waals surface area contributed by atoms with Gasteiger partial charge in [-0.05, 0) is 6.42 Å².